The van der Waals surface area contributed by atoms with Gasteiger partial charge in [-0.15, -0.1) is 0 Å². The Morgan fingerprint density at radius 3 is 1.80 bits per heavy atom. The predicted octanol–water partition coefficient (Wildman–Crippen LogP) is 9.56. The predicted molar refractivity (Wildman–Crippen MR) is 234 cm³/mol. The van der Waals surface area contributed by atoms with E-state index < -0.39 is 17.8 Å². The lowest BCUT2D eigenvalue weighted by atomic mass is 9.91. The molecule has 2 fully saturated rings. The number of halogens is 5. The molecule has 8 aromatic rings. The van der Waals surface area contributed by atoms with E-state index in [9.17, 15) is 31.5 Å². The minimum absolute atomic E-state index is 0.00432. The van der Waals surface area contributed by atoms with E-state index in [0.29, 0.717) is 66.0 Å². The van der Waals surface area contributed by atoms with Crippen LogP contribution in [0.3, 0.4) is 0 Å². The summed E-state index contributed by atoms with van der Waals surface area (Å²) >= 11 is 0. The van der Waals surface area contributed by atoms with Gasteiger partial charge in [-0.25, -0.2) is 9.97 Å². The number of carbonyl (C=O) groups excluding carboxylic acids is 2. The molecule has 2 amide bonds. The van der Waals surface area contributed by atoms with Crippen molar-refractivity contribution in [3.8, 4) is 0 Å². The quantitative estimate of drug-likeness (QED) is 0.0940. The van der Waals surface area contributed by atoms with E-state index in [0.717, 1.165) is 55.3 Å². The summed E-state index contributed by atoms with van der Waals surface area (Å²) in [6, 6.07) is 23.4. The van der Waals surface area contributed by atoms with E-state index in [1.54, 1.807) is 34.7 Å². The second kappa shape index (κ2) is 16.5. The fourth-order valence-electron chi connectivity index (χ4n) is 9.35. The summed E-state index contributed by atoms with van der Waals surface area (Å²) in [5, 5.41) is 18.8. The van der Waals surface area contributed by atoms with Gasteiger partial charge < -0.3 is 30.4 Å². The van der Waals surface area contributed by atoms with Crippen LogP contribution in [-0.4, -0.2) is 64.5 Å². The number of rotatable bonds is 11. The Bertz CT molecular complexity index is 3060. The zero-order valence-electron chi connectivity index (χ0n) is 35.2. The van der Waals surface area contributed by atoms with Gasteiger partial charge >= 0.3 is 6.18 Å². The highest BCUT2D eigenvalue weighted by atomic mass is 19.4. The average Bonchev–Trinajstić information content (AvgIpc) is 4.10. The van der Waals surface area contributed by atoms with Gasteiger partial charge in [0.15, 0.2) is 17.0 Å². The number of benzene rings is 2. The molecule has 2 saturated carbocycles. The van der Waals surface area contributed by atoms with Crippen LogP contribution in [0.1, 0.15) is 96.1 Å². The van der Waals surface area contributed by atoms with Crippen molar-refractivity contribution in [2.24, 2.45) is 0 Å². The highest BCUT2D eigenvalue weighted by molar-refractivity contribution is 6.07. The molecule has 13 nitrogen and oxygen atoms in total. The summed E-state index contributed by atoms with van der Waals surface area (Å²) in [5.74, 6) is -2.37. The molecule has 4 N–H and O–H groups in total. The van der Waals surface area contributed by atoms with Gasteiger partial charge in [0.1, 0.15) is 28.6 Å². The van der Waals surface area contributed by atoms with Crippen LogP contribution in [0.15, 0.2) is 102 Å². The van der Waals surface area contributed by atoms with Gasteiger partial charge in [0, 0.05) is 66.1 Å². The first kappa shape index (κ1) is 42.0. The third-order valence-corrected chi connectivity index (χ3v) is 12.7. The van der Waals surface area contributed by atoms with E-state index in [1.165, 1.54) is 16.7 Å². The van der Waals surface area contributed by atoms with Crippen molar-refractivity contribution in [1.29, 1.82) is 0 Å². The van der Waals surface area contributed by atoms with Gasteiger partial charge in [0.25, 0.3) is 17.7 Å². The van der Waals surface area contributed by atoms with Crippen LogP contribution in [0.4, 0.5) is 33.6 Å². The normalized spacial score (nSPS) is 19.5. The largest absolute Gasteiger partial charge is 0.434 e. The number of anilines is 2. The smallest absolute Gasteiger partial charge is 0.368 e. The lowest BCUT2D eigenvalue weighted by Crippen LogP contribution is -2.40. The van der Waals surface area contributed by atoms with E-state index in [4.69, 9.17) is 4.52 Å². The van der Waals surface area contributed by atoms with Crippen LogP contribution < -0.4 is 21.3 Å². The van der Waals surface area contributed by atoms with Crippen molar-refractivity contribution >= 4 is 56.6 Å². The molecule has 6 heterocycles. The van der Waals surface area contributed by atoms with Crippen LogP contribution in [0.2, 0.25) is 0 Å². The highest BCUT2D eigenvalue weighted by Gasteiger charge is 2.35. The van der Waals surface area contributed by atoms with Gasteiger partial charge in [-0.3, -0.25) is 18.4 Å². The number of hydrogen-bond acceptors (Lipinski definition) is 8. The summed E-state index contributed by atoms with van der Waals surface area (Å²) in [6.45, 7) is 1.18. The number of nitrogens with zero attached hydrogens (tertiary/aromatic N) is 6. The van der Waals surface area contributed by atoms with Gasteiger partial charge in [-0.2, -0.15) is 22.0 Å². The third kappa shape index (κ3) is 8.44. The number of imidazole rings is 2. The Kier molecular flexibility index (Phi) is 10.7. The maximum Gasteiger partial charge on any atom is 0.434 e. The van der Waals surface area contributed by atoms with Crippen LogP contribution in [-0.2, 0) is 18.6 Å². The molecule has 10 rings (SSSR count). The number of pyridine rings is 2. The third-order valence-electron chi connectivity index (χ3n) is 12.7. The lowest BCUT2D eigenvalue weighted by molar-refractivity contribution is -0.140. The second-order valence-electron chi connectivity index (χ2n) is 17.3. The second-order valence-corrected chi connectivity index (χ2v) is 17.3. The summed E-state index contributed by atoms with van der Waals surface area (Å²) in [5.41, 5.74) is 2.23. The molecule has 0 spiro atoms. The van der Waals surface area contributed by atoms with Crippen LogP contribution in [0.25, 0.3) is 33.2 Å². The number of nitrogens with one attached hydrogen (secondary N) is 4. The van der Waals surface area contributed by atoms with Crippen molar-refractivity contribution in [2.45, 2.75) is 101 Å². The van der Waals surface area contributed by atoms with E-state index >= 15 is 0 Å². The summed E-state index contributed by atoms with van der Waals surface area (Å²) in [7, 11) is 0. The SMILES string of the molecule is CC(F)(F)c1cn2c(NC3CCC(NC(=O)c4cn(Cc5cccc6c(C(=O)NC7CCC(Nc8cccc9nc(C(F)(F)F)cn89)CC7)noc56)c5ccccc45)CC3)cccc2n1. The maximum absolute atomic E-state index is 14.0. The summed E-state index contributed by atoms with van der Waals surface area (Å²) in [4.78, 5) is 35.3. The zero-order chi connectivity index (χ0) is 45.0. The van der Waals surface area contributed by atoms with Gasteiger partial charge in [0.05, 0.1) is 17.5 Å². The molecule has 0 aliphatic heterocycles. The van der Waals surface area contributed by atoms with Crippen molar-refractivity contribution in [3.05, 3.63) is 126 Å². The molecular weight excluding hydrogens is 848 g/mol. The van der Waals surface area contributed by atoms with Crippen LogP contribution in [0.5, 0.6) is 0 Å². The Morgan fingerprint density at radius 2 is 1.18 bits per heavy atom. The number of aromatic nitrogens is 6. The Morgan fingerprint density at radius 1 is 0.646 bits per heavy atom. The number of para-hydroxylation sites is 2. The first-order valence-electron chi connectivity index (χ1n) is 21.8. The molecule has 2 aliphatic rings. The van der Waals surface area contributed by atoms with Crippen molar-refractivity contribution in [1.82, 2.24) is 39.1 Å². The fourth-order valence-corrected chi connectivity index (χ4v) is 9.35. The minimum Gasteiger partial charge on any atom is -0.368 e. The Labute approximate surface area is 368 Å². The molecule has 2 aliphatic carbocycles. The molecule has 18 heteroatoms. The number of alkyl halides is 5. The molecule has 0 radical (unpaired) electrons. The molecular formula is C47H45F5N10O3. The van der Waals surface area contributed by atoms with Crippen LogP contribution in [0, 0.1) is 0 Å². The maximum atomic E-state index is 14.0. The molecule has 2 aromatic carbocycles. The monoisotopic (exact) mass is 892 g/mol. The molecule has 6 aromatic heterocycles. The number of carbonyl (C=O) groups is 2. The molecule has 65 heavy (non-hydrogen) atoms. The first-order valence-corrected chi connectivity index (χ1v) is 21.8. The van der Waals surface area contributed by atoms with Crippen molar-refractivity contribution in [3.63, 3.8) is 0 Å². The van der Waals surface area contributed by atoms with E-state index in [1.807, 2.05) is 53.2 Å². The molecule has 0 unspecified atom stereocenters. The fraction of sp³-hybridized carbons (Fsp3) is 0.340. The standard InChI is InChI=1S/C47H45F5N10O3/c1-46(48,49)36-25-61-38(11-5-13-40(61)57-36)53-28-15-19-30(20-16-28)55-44(63)34-24-60(35-10-3-2-8-32(34)35)23-27-7-4-9-33-42(59-65-43(27)33)45(64)56-31-21-17-29(18-22-31)54-39-12-6-14-41-58-37(26-62(39)41)47(50,51)52/h2-14,24-26,28-31,53-54H,15-23H2,1H3,(H,55,63)(H,56,64). The summed E-state index contributed by atoms with van der Waals surface area (Å²) in [6.07, 6.45) is 5.39. The van der Waals surface area contributed by atoms with E-state index in [2.05, 4.69) is 36.4 Å². The van der Waals surface area contributed by atoms with Gasteiger partial charge in [-0.05, 0) is 87.8 Å². The van der Waals surface area contributed by atoms with E-state index in [-0.39, 0.29) is 53.0 Å². The lowest BCUT2D eigenvalue weighted by Gasteiger charge is -2.30. The summed E-state index contributed by atoms with van der Waals surface area (Å²) < 4.78 is 78.8. The van der Waals surface area contributed by atoms with Gasteiger partial charge in [0.2, 0.25) is 0 Å². The topological polar surface area (TPSA) is 148 Å². The highest BCUT2D eigenvalue weighted by Crippen LogP contribution is 2.33. The first-order chi connectivity index (χ1) is 31.2. The Balaban J connectivity index is 0.764. The molecule has 0 bridgehead atoms. The van der Waals surface area contributed by atoms with Crippen LogP contribution >= 0.6 is 0 Å². The number of fused-ring (bicyclic) bond motifs is 4. The zero-order valence-corrected chi connectivity index (χ0v) is 35.2. The molecule has 0 saturated heterocycles. The van der Waals surface area contributed by atoms with Crippen molar-refractivity contribution < 1.29 is 36.1 Å². The van der Waals surface area contributed by atoms with Gasteiger partial charge in [-0.1, -0.05) is 47.6 Å². The number of hydrogen-bond donors (Lipinski definition) is 4. The minimum atomic E-state index is -4.54. The molecule has 0 atom stereocenters. The molecule has 336 valence electrons. The number of amides is 2. The average molecular weight is 893 g/mol. The van der Waals surface area contributed by atoms with Crippen molar-refractivity contribution in [2.75, 3.05) is 10.6 Å². The Hall–Kier alpha value is -6.98.